The molecule has 0 spiro atoms. The Morgan fingerprint density at radius 1 is 1.24 bits per heavy atom. The highest BCUT2D eigenvalue weighted by atomic mass is 15.3. The molecule has 0 bridgehead atoms. The fraction of sp³-hybridized carbons (Fsp3) is 0.778. The topological polar surface area (TPSA) is 41.6 Å². The van der Waals surface area contributed by atoms with Crippen molar-refractivity contribution in [1.82, 2.24) is 9.78 Å². The molecule has 21 heavy (non-hydrogen) atoms. The Bertz CT molecular complexity index is 493. The van der Waals surface area contributed by atoms with Gasteiger partial charge < -0.3 is 0 Å². The van der Waals surface area contributed by atoms with Crippen LogP contribution in [-0.4, -0.2) is 9.78 Å². The number of nitrogens with zero attached hydrogens (tertiary/aromatic N) is 3. The van der Waals surface area contributed by atoms with Crippen LogP contribution in [0.15, 0.2) is 12.3 Å². The van der Waals surface area contributed by atoms with E-state index in [4.69, 9.17) is 5.10 Å². The lowest BCUT2D eigenvalue weighted by Gasteiger charge is -2.39. The van der Waals surface area contributed by atoms with Crippen LogP contribution < -0.4 is 0 Å². The van der Waals surface area contributed by atoms with E-state index in [9.17, 15) is 5.26 Å². The number of rotatable bonds is 5. The van der Waals surface area contributed by atoms with Gasteiger partial charge in [-0.15, -0.1) is 0 Å². The lowest BCUT2D eigenvalue weighted by Crippen LogP contribution is -2.32. The second kappa shape index (κ2) is 6.22. The molecule has 0 atom stereocenters. The molecule has 3 heteroatoms. The number of nitriles is 1. The highest BCUT2D eigenvalue weighted by molar-refractivity contribution is 5.12. The second-order valence-electron chi connectivity index (χ2n) is 7.49. The minimum Gasteiger partial charge on any atom is -0.269 e. The van der Waals surface area contributed by atoms with Gasteiger partial charge in [-0.05, 0) is 50.0 Å². The largest absolute Gasteiger partial charge is 0.269 e. The zero-order valence-corrected chi connectivity index (χ0v) is 14.0. The van der Waals surface area contributed by atoms with Gasteiger partial charge in [0, 0.05) is 12.6 Å². The Morgan fingerprint density at radius 2 is 1.86 bits per heavy atom. The van der Waals surface area contributed by atoms with Crippen LogP contribution in [0.1, 0.15) is 78.0 Å². The van der Waals surface area contributed by atoms with Gasteiger partial charge >= 0.3 is 0 Å². The van der Waals surface area contributed by atoms with Crippen LogP contribution in [0.25, 0.3) is 0 Å². The Morgan fingerprint density at radius 3 is 2.38 bits per heavy atom. The molecular formula is C18H29N3. The van der Waals surface area contributed by atoms with E-state index >= 15 is 0 Å². The minimum atomic E-state index is -0.192. The van der Waals surface area contributed by atoms with Gasteiger partial charge in [-0.2, -0.15) is 10.4 Å². The first-order valence-electron chi connectivity index (χ1n) is 8.39. The van der Waals surface area contributed by atoms with Crippen molar-refractivity contribution in [2.24, 2.45) is 10.8 Å². The molecule has 1 aromatic heterocycles. The van der Waals surface area contributed by atoms with E-state index in [1.807, 2.05) is 0 Å². The Balaban J connectivity index is 2.08. The molecule has 0 aliphatic heterocycles. The Labute approximate surface area is 129 Å². The Hall–Kier alpha value is -1.30. The highest BCUT2D eigenvalue weighted by Gasteiger charge is 2.39. The molecule has 1 aliphatic rings. The fourth-order valence-electron chi connectivity index (χ4n) is 3.42. The van der Waals surface area contributed by atoms with E-state index in [0.29, 0.717) is 11.5 Å². The van der Waals surface area contributed by atoms with Crippen molar-refractivity contribution in [2.75, 3.05) is 0 Å². The van der Waals surface area contributed by atoms with Gasteiger partial charge in [-0.25, -0.2) is 0 Å². The molecule has 1 saturated carbocycles. The standard InChI is InChI=1S/C18H29N3/c1-5-16(6-2)21-12-7-15(20-21)13-18(14-19)10-8-17(3,4)9-11-18/h7,12,16H,5-6,8-11,13H2,1-4H3. The first-order valence-corrected chi connectivity index (χ1v) is 8.39. The molecule has 0 radical (unpaired) electrons. The van der Waals surface area contributed by atoms with E-state index < -0.39 is 0 Å². The van der Waals surface area contributed by atoms with E-state index in [1.54, 1.807) is 0 Å². The number of hydrogen-bond donors (Lipinski definition) is 0. The zero-order valence-electron chi connectivity index (χ0n) is 14.0. The van der Waals surface area contributed by atoms with Gasteiger partial charge in [0.05, 0.1) is 23.2 Å². The molecule has 3 nitrogen and oxygen atoms in total. The SMILES string of the molecule is CCC(CC)n1ccc(CC2(C#N)CCC(C)(C)CC2)n1. The fourth-order valence-corrected chi connectivity index (χ4v) is 3.42. The lowest BCUT2D eigenvalue weighted by molar-refractivity contribution is 0.145. The first kappa shape index (κ1) is 16.1. The van der Waals surface area contributed by atoms with Gasteiger partial charge in [0.2, 0.25) is 0 Å². The zero-order chi connectivity index (χ0) is 15.5. The summed E-state index contributed by atoms with van der Waals surface area (Å²) in [5, 5.41) is 14.4. The van der Waals surface area contributed by atoms with Crippen LogP contribution in [0.4, 0.5) is 0 Å². The molecule has 1 aliphatic carbocycles. The van der Waals surface area contributed by atoms with Gasteiger partial charge in [-0.1, -0.05) is 27.7 Å². The normalized spacial score (nSPS) is 20.4. The summed E-state index contributed by atoms with van der Waals surface area (Å²) in [6.07, 6.45) is 9.42. The predicted molar refractivity (Wildman–Crippen MR) is 85.8 cm³/mol. The van der Waals surface area contributed by atoms with Crippen LogP contribution in [0.2, 0.25) is 0 Å². The summed E-state index contributed by atoms with van der Waals surface area (Å²) in [6.45, 7) is 9.04. The maximum atomic E-state index is 9.70. The quantitative estimate of drug-likeness (QED) is 0.773. The molecule has 1 aromatic rings. The van der Waals surface area contributed by atoms with Crippen molar-refractivity contribution in [2.45, 2.75) is 78.7 Å². The smallest absolute Gasteiger partial charge is 0.0693 e. The van der Waals surface area contributed by atoms with Crippen LogP contribution >= 0.6 is 0 Å². The third-order valence-corrected chi connectivity index (χ3v) is 5.30. The maximum absolute atomic E-state index is 9.70. The van der Waals surface area contributed by atoms with Crippen molar-refractivity contribution >= 4 is 0 Å². The Kier molecular flexibility index (Phi) is 4.76. The van der Waals surface area contributed by atoms with Gasteiger partial charge in [0.15, 0.2) is 0 Å². The van der Waals surface area contributed by atoms with Crippen LogP contribution in [0.5, 0.6) is 0 Å². The molecular weight excluding hydrogens is 258 g/mol. The van der Waals surface area contributed by atoms with Gasteiger partial charge in [-0.3, -0.25) is 4.68 Å². The van der Waals surface area contributed by atoms with E-state index in [-0.39, 0.29) is 5.41 Å². The molecule has 0 unspecified atom stereocenters. The summed E-state index contributed by atoms with van der Waals surface area (Å²) in [6, 6.07) is 5.22. The molecule has 0 saturated heterocycles. The van der Waals surface area contributed by atoms with Crippen molar-refractivity contribution in [3.8, 4) is 6.07 Å². The van der Waals surface area contributed by atoms with E-state index in [2.05, 4.69) is 50.7 Å². The summed E-state index contributed by atoms with van der Waals surface area (Å²) in [4.78, 5) is 0. The molecule has 116 valence electrons. The van der Waals surface area contributed by atoms with Crippen LogP contribution in [0, 0.1) is 22.2 Å². The molecule has 2 rings (SSSR count). The van der Waals surface area contributed by atoms with Crippen LogP contribution in [0.3, 0.4) is 0 Å². The average molecular weight is 287 g/mol. The number of hydrogen-bond acceptors (Lipinski definition) is 2. The summed E-state index contributed by atoms with van der Waals surface area (Å²) >= 11 is 0. The van der Waals surface area contributed by atoms with Crippen molar-refractivity contribution < 1.29 is 0 Å². The highest BCUT2D eigenvalue weighted by Crippen LogP contribution is 2.46. The molecule has 0 N–H and O–H groups in total. The molecule has 1 heterocycles. The minimum absolute atomic E-state index is 0.192. The average Bonchev–Trinajstić information content (AvgIpc) is 2.91. The first-order chi connectivity index (χ1) is 9.93. The van der Waals surface area contributed by atoms with E-state index in [0.717, 1.165) is 50.6 Å². The predicted octanol–water partition coefficient (Wildman–Crippen LogP) is 4.90. The summed E-state index contributed by atoms with van der Waals surface area (Å²) in [5.74, 6) is 0. The van der Waals surface area contributed by atoms with Crippen molar-refractivity contribution in [3.05, 3.63) is 18.0 Å². The van der Waals surface area contributed by atoms with Crippen molar-refractivity contribution in [1.29, 1.82) is 5.26 Å². The third kappa shape index (κ3) is 3.67. The molecule has 1 fully saturated rings. The summed E-state index contributed by atoms with van der Waals surface area (Å²) in [5.41, 5.74) is 1.29. The van der Waals surface area contributed by atoms with Crippen molar-refractivity contribution in [3.63, 3.8) is 0 Å². The molecule has 0 amide bonds. The third-order valence-electron chi connectivity index (χ3n) is 5.30. The van der Waals surface area contributed by atoms with E-state index in [1.165, 1.54) is 0 Å². The lowest BCUT2D eigenvalue weighted by atomic mass is 9.64. The second-order valence-corrected chi connectivity index (χ2v) is 7.49. The van der Waals surface area contributed by atoms with Crippen LogP contribution in [-0.2, 0) is 6.42 Å². The summed E-state index contributed by atoms with van der Waals surface area (Å²) in [7, 11) is 0. The van der Waals surface area contributed by atoms with Gasteiger partial charge in [0.1, 0.15) is 0 Å². The number of aromatic nitrogens is 2. The maximum Gasteiger partial charge on any atom is 0.0693 e. The summed E-state index contributed by atoms with van der Waals surface area (Å²) < 4.78 is 2.09. The van der Waals surface area contributed by atoms with Gasteiger partial charge in [0.25, 0.3) is 0 Å². The molecule has 0 aromatic carbocycles. The monoisotopic (exact) mass is 287 g/mol.